The predicted molar refractivity (Wildman–Crippen MR) is 250 cm³/mol. The van der Waals surface area contributed by atoms with Crippen LogP contribution in [0.2, 0.25) is 0 Å². The molecule has 5 rings (SSSR count). The van der Waals surface area contributed by atoms with Gasteiger partial charge < -0.3 is 16.4 Å². The van der Waals surface area contributed by atoms with E-state index in [1.165, 1.54) is 6.07 Å². The van der Waals surface area contributed by atoms with E-state index in [1.54, 1.807) is 66.7 Å². The Morgan fingerprint density at radius 1 is 0.676 bits per heavy atom. The summed E-state index contributed by atoms with van der Waals surface area (Å²) in [5, 5.41) is 16.5. The number of halogens is 9. The maximum atomic E-state index is 13.9. The van der Waals surface area contributed by atoms with E-state index in [0.29, 0.717) is 38.9 Å². The van der Waals surface area contributed by atoms with Crippen molar-refractivity contribution >= 4 is 33.0 Å². The first-order valence-electron chi connectivity index (χ1n) is 19.6. The average molecular weight is 1120 g/mol. The predicted octanol–water partition coefficient (Wildman–Crippen LogP) is 14.6. The van der Waals surface area contributed by atoms with Crippen LogP contribution in [-0.4, -0.2) is 21.6 Å². The Kier molecular flexibility index (Phi) is 20.6. The van der Waals surface area contributed by atoms with Crippen LogP contribution in [0.4, 0.5) is 39.5 Å². The second-order valence-electron chi connectivity index (χ2n) is 14.5. The molecular weight excluding hydrogens is 1080 g/mol. The van der Waals surface area contributed by atoms with E-state index in [1.807, 2.05) is 52.0 Å². The molecule has 0 unspecified atom stereocenters. The zero-order valence-electron chi connectivity index (χ0n) is 37.2. The van der Waals surface area contributed by atoms with Gasteiger partial charge in [0.25, 0.3) is 0 Å². The average Bonchev–Trinajstić information content (AvgIpc) is 3.23. The van der Waals surface area contributed by atoms with E-state index in [0.717, 1.165) is 22.3 Å². The molecule has 0 saturated heterocycles. The summed E-state index contributed by atoms with van der Waals surface area (Å²) in [7, 11) is 0. The van der Waals surface area contributed by atoms with E-state index < -0.39 is 52.9 Å². The molecule has 1 aromatic heterocycles. The molecule has 0 spiro atoms. The molecule has 1 heterocycles. The van der Waals surface area contributed by atoms with E-state index in [9.17, 15) is 39.5 Å². The third kappa shape index (κ3) is 15.5. The first kappa shape index (κ1) is 57.0. The molecule has 0 bridgehead atoms. The standard InChI is InChI=1S/C27H12F9N2O.2C12H17N2.Ir/c28-25(29,30)17-12-20(26(31,32)33)22(27(34,35)36)21(13-17)39-24-19-11-16-9-5-4-8-15(16)10-18(19)23(37-38-24)14-6-2-1-3-7-14;2*1-6-7-10(4)8-11(5)12(14-13)9(2)3;/h1-6,8-13H;2*6-8H,1-3,13H2,4-5H3;/q3*-1;+3/b;2*10-7+,11-8+,14-12-;. The molecule has 68 heavy (non-hydrogen) atoms. The fraction of sp³-hybridized carbons (Fsp3) is 0.137. The fourth-order valence-electron chi connectivity index (χ4n) is 6.34. The monoisotopic (exact) mass is 1120 g/mol. The number of nitrogens with zero attached hydrogens (tertiary/aromatic N) is 4. The Hall–Kier alpha value is -7.10. The second-order valence-corrected chi connectivity index (χ2v) is 14.5. The molecule has 4 aromatic carbocycles. The van der Waals surface area contributed by atoms with E-state index in [4.69, 9.17) is 16.4 Å². The molecule has 0 saturated carbocycles. The van der Waals surface area contributed by atoms with Gasteiger partial charge in [-0.25, -0.2) is 10.2 Å². The van der Waals surface area contributed by atoms with Crippen molar-refractivity contribution in [3.8, 4) is 22.9 Å². The third-order valence-electron chi connectivity index (χ3n) is 9.13. The van der Waals surface area contributed by atoms with Crippen LogP contribution >= 0.6 is 0 Å². The van der Waals surface area contributed by atoms with Crippen LogP contribution in [0.15, 0.2) is 179 Å². The number of allylic oxidation sites excluding steroid dienone is 12. The van der Waals surface area contributed by atoms with Gasteiger partial charge in [0.2, 0.25) is 5.88 Å². The van der Waals surface area contributed by atoms with Crippen LogP contribution in [0.3, 0.4) is 0 Å². The largest absolute Gasteiger partial charge is 3.00 e. The summed E-state index contributed by atoms with van der Waals surface area (Å²) in [6.45, 7) is 29.8. The molecule has 0 fully saturated rings. The van der Waals surface area contributed by atoms with Crippen LogP contribution in [0.1, 0.15) is 44.4 Å². The Morgan fingerprint density at radius 2 is 1.16 bits per heavy atom. The number of rotatable bonds is 11. The Labute approximate surface area is 402 Å². The number of fused-ring (bicyclic) bond motifs is 2. The second kappa shape index (κ2) is 24.6. The molecule has 4 N–H and O–H groups in total. The number of hydrogen-bond acceptors (Lipinski definition) is 7. The fourth-order valence-corrected chi connectivity index (χ4v) is 6.34. The summed E-state index contributed by atoms with van der Waals surface area (Å²) < 4.78 is 128. The minimum Gasteiger partial charge on any atom is -0.436 e. The molecule has 0 aliphatic rings. The van der Waals surface area contributed by atoms with Crippen molar-refractivity contribution in [2.45, 2.75) is 46.2 Å². The molecule has 358 valence electrons. The van der Waals surface area contributed by atoms with Crippen molar-refractivity contribution in [1.82, 2.24) is 10.2 Å². The summed E-state index contributed by atoms with van der Waals surface area (Å²) in [4.78, 5) is 0. The number of aromatic nitrogens is 2. The van der Waals surface area contributed by atoms with Crippen molar-refractivity contribution in [3.05, 3.63) is 206 Å². The van der Waals surface area contributed by atoms with E-state index >= 15 is 0 Å². The number of ether oxygens (including phenoxy) is 1. The molecular formula is C51H46F9IrN6O. The van der Waals surface area contributed by atoms with Gasteiger partial charge in [0, 0.05) is 11.1 Å². The van der Waals surface area contributed by atoms with Crippen LogP contribution < -0.4 is 16.4 Å². The van der Waals surface area contributed by atoms with Crippen LogP contribution in [0.25, 0.3) is 32.8 Å². The summed E-state index contributed by atoms with van der Waals surface area (Å²) >= 11 is 0. The molecule has 0 amide bonds. The van der Waals surface area contributed by atoms with Crippen molar-refractivity contribution in [2.24, 2.45) is 21.9 Å². The van der Waals surface area contributed by atoms with Crippen LogP contribution in [-0.2, 0) is 38.6 Å². The minimum absolute atomic E-state index is 0. The summed E-state index contributed by atoms with van der Waals surface area (Å²) in [5.41, 5.74) is 0.300. The molecule has 17 heteroatoms. The first-order chi connectivity index (χ1) is 31.3. The summed E-state index contributed by atoms with van der Waals surface area (Å²) in [6.07, 6.45) is -5.70. The van der Waals surface area contributed by atoms with Gasteiger partial charge in [0.05, 0.1) is 11.1 Å². The van der Waals surface area contributed by atoms with Gasteiger partial charge in [-0.2, -0.15) is 82.8 Å². The van der Waals surface area contributed by atoms with Gasteiger partial charge in [0.1, 0.15) is 11.3 Å². The Bertz CT molecular complexity index is 2770. The number of alkyl halides is 9. The van der Waals surface area contributed by atoms with Crippen molar-refractivity contribution < 1.29 is 64.4 Å². The number of benzene rings is 4. The summed E-state index contributed by atoms with van der Waals surface area (Å²) in [5.74, 6) is 8.03. The smallest absolute Gasteiger partial charge is 0.436 e. The topological polar surface area (TPSA) is 112 Å². The number of hydrazone groups is 2. The van der Waals surface area contributed by atoms with Crippen molar-refractivity contribution in [3.63, 3.8) is 0 Å². The van der Waals surface area contributed by atoms with Gasteiger partial charge in [-0.1, -0.05) is 102 Å². The normalized spacial score (nSPS) is 13.1. The van der Waals surface area contributed by atoms with E-state index in [-0.39, 0.29) is 42.6 Å². The van der Waals surface area contributed by atoms with Gasteiger partial charge in [-0.05, 0) is 73.5 Å². The summed E-state index contributed by atoms with van der Waals surface area (Å²) in [6, 6.07) is 18.6. The van der Waals surface area contributed by atoms with Gasteiger partial charge in [0.15, 0.2) is 0 Å². The van der Waals surface area contributed by atoms with Crippen LogP contribution in [0, 0.1) is 19.9 Å². The Balaban J connectivity index is 0.000000452. The molecule has 0 atom stereocenters. The molecule has 0 aliphatic carbocycles. The maximum Gasteiger partial charge on any atom is 3.00 e. The van der Waals surface area contributed by atoms with Crippen molar-refractivity contribution in [1.29, 1.82) is 0 Å². The van der Waals surface area contributed by atoms with Gasteiger partial charge >= 0.3 is 38.6 Å². The number of hydrogen-bond donors (Lipinski definition) is 2. The SMILES string of the molecule is C=C/C=C(C)/C=C(C)/C(=N\N)C(=C)[CH2-].C=C/C=C(C)/C=C(C)/C(=N\N)C(=C)[CH2-].FC(F)(F)c1cc(Oc2nnc(-c3[c-]cccc3)c3cc4ccccc4cc23)c(C(F)(F)F)c(C(F)(F)F)c1.[Ir+3]. The zero-order valence-corrected chi connectivity index (χ0v) is 39.6. The number of nitrogens with two attached hydrogens (primary N) is 2. The van der Waals surface area contributed by atoms with Gasteiger partial charge in [-0.3, -0.25) is 0 Å². The van der Waals surface area contributed by atoms with Gasteiger partial charge in [-0.15, -0.1) is 41.0 Å². The first-order valence-corrected chi connectivity index (χ1v) is 19.6. The minimum atomic E-state index is -5.78. The van der Waals surface area contributed by atoms with E-state index in [2.05, 4.69) is 66.6 Å². The zero-order chi connectivity index (χ0) is 50.4. The Morgan fingerprint density at radius 3 is 1.56 bits per heavy atom. The van der Waals surface area contributed by atoms with Crippen molar-refractivity contribution in [2.75, 3.05) is 0 Å². The third-order valence-corrected chi connectivity index (χ3v) is 9.13. The van der Waals surface area contributed by atoms with Crippen LogP contribution in [0.5, 0.6) is 11.6 Å². The molecule has 0 radical (unpaired) electrons. The molecule has 5 aromatic rings. The maximum absolute atomic E-state index is 13.9. The molecule has 7 nitrogen and oxygen atoms in total. The quantitative estimate of drug-likeness (QED) is 0.0260. The molecule has 0 aliphatic heterocycles.